The van der Waals surface area contributed by atoms with E-state index in [-0.39, 0.29) is 0 Å². The fourth-order valence-corrected chi connectivity index (χ4v) is 0.560. The third-order valence-corrected chi connectivity index (χ3v) is 1.13. The van der Waals surface area contributed by atoms with Crippen molar-refractivity contribution in [3.8, 4) is 0 Å². The molecule has 9 heavy (non-hydrogen) atoms. The van der Waals surface area contributed by atoms with Gasteiger partial charge in [0, 0.05) is 0 Å². The van der Waals surface area contributed by atoms with Crippen molar-refractivity contribution >= 4 is 15.9 Å². The molecule has 0 aliphatic carbocycles. The van der Waals surface area contributed by atoms with Crippen LogP contribution in [0, 0.1) is 0 Å². The Hall–Kier alpha value is -0.550. The quantitative estimate of drug-likeness (QED) is 0.679. The zero-order valence-electron chi connectivity index (χ0n) is 4.58. The average molecular weight is 189 g/mol. The minimum atomic E-state index is 0.334. The Labute approximate surface area is 60.6 Å². The van der Waals surface area contributed by atoms with Crippen molar-refractivity contribution in [3.05, 3.63) is 16.6 Å². The zero-order chi connectivity index (χ0) is 6.69. The summed E-state index contributed by atoms with van der Waals surface area (Å²) < 4.78 is 0.625. The molecule has 0 saturated heterocycles. The van der Waals surface area contributed by atoms with E-state index < -0.39 is 0 Å². The molecule has 0 fully saturated rings. The molecule has 0 aliphatic rings. The third-order valence-electron chi connectivity index (χ3n) is 0.764. The first-order valence-electron chi connectivity index (χ1n) is 2.37. The fourth-order valence-electron chi connectivity index (χ4n) is 0.378. The van der Waals surface area contributed by atoms with Crippen LogP contribution in [0.15, 0.2) is 10.8 Å². The molecule has 1 heterocycles. The molecule has 0 atom stereocenters. The van der Waals surface area contributed by atoms with Crippen molar-refractivity contribution < 1.29 is 0 Å². The fraction of sp³-hybridized carbons (Fsp3) is 0.250. The Kier molecular flexibility index (Phi) is 2.07. The summed E-state index contributed by atoms with van der Waals surface area (Å²) in [5, 5.41) is 7.34. The summed E-state index contributed by atoms with van der Waals surface area (Å²) in [5.41, 5.74) is 5.22. The maximum absolute atomic E-state index is 5.22. The van der Waals surface area contributed by atoms with Crippen molar-refractivity contribution in [1.82, 2.24) is 15.2 Å². The van der Waals surface area contributed by atoms with Gasteiger partial charge in [0.25, 0.3) is 0 Å². The second-order valence-electron chi connectivity index (χ2n) is 1.40. The standard InChI is InChI=1S/C4H5BrN4/c5-3-2-7-4(1-6)9-8-3/h2H,1,6H2. The molecule has 0 unspecified atom stereocenters. The van der Waals surface area contributed by atoms with Crippen LogP contribution in [0.25, 0.3) is 0 Å². The second-order valence-corrected chi connectivity index (χ2v) is 2.21. The van der Waals surface area contributed by atoms with E-state index in [1.165, 1.54) is 0 Å². The number of hydrogen-bond donors (Lipinski definition) is 1. The van der Waals surface area contributed by atoms with Crippen LogP contribution in [0.5, 0.6) is 0 Å². The number of hydrogen-bond acceptors (Lipinski definition) is 4. The van der Waals surface area contributed by atoms with Crippen molar-refractivity contribution in [1.29, 1.82) is 0 Å². The molecule has 0 aromatic carbocycles. The summed E-state index contributed by atoms with van der Waals surface area (Å²) in [6.07, 6.45) is 1.56. The molecule has 4 nitrogen and oxygen atoms in total. The largest absolute Gasteiger partial charge is 0.324 e. The van der Waals surface area contributed by atoms with E-state index in [1.54, 1.807) is 6.20 Å². The Morgan fingerprint density at radius 1 is 1.56 bits per heavy atom. The van der Waals surface area contributed by atoms with E-state index in [0.29, 0.717) is 17.0 Å². The highest BCUT2D eigenvalue weighted by Crippen LogP contribution is 1.98. The van der Waals surface area contributed by atoms with Gasteiger partial charge in [0.15, 0.2) is 5.82 Å². The van der Waals surface area contributed by atoms with Gasteiger partial charge in [0.05, 0.1) is 12.7 Å². The lowest BCUT2D eigenvalue weighted by Crippen LogP contribution is -2.03. The molecule has 0 amide bonds. The van der Waals surface area contributed by atoms with Crippen LogP contribution in [0.3, 0.4) is 0 Å². The Balaban J connectivity index is 2.88. The minimum absolute atomic E-state index is 0.334. The summed E-state index contributed by atoms with van der Waals surface area (Å²) in [6, 6.07) is 0. The molecule has 1 aromatic rings. The molecule has 0 aliphatic heterocycles. The lowest BCUT2D eigenvalue weighted by atomic mass is 10.6. The van der Waals surface area contributed by atoms with Crippen molar-refractivity contribution in [3.63, 3.8) is 0 Å². The third kappa shape index (κ3) is 1.69. The second kappa shape index (κ2) is 2.84. The molecular formula is C4H5BrN4. The van der Waals surface area contributed by atoms with E-state index in [1.807, 2.05) is 0 Å². The molecule has 5 heteroatoms. The summed E-state index contributed by atoms with van der Waals surface area (Å²) in [7, 11) is 0. The topological polar surface area (TPSA) is 64.7 Å². The van der Waals surface area contributed by atoms with Crippen LogP contribution in [0.1, 0.15) is 5.82 Å². The zero-order valence-corrected chi connectivity index (χ0v) is 6.17. The van der Waals surface area contributed by atoms with Crippen LogP contribution in [-0.2, 0) is 6.54 Å². The van der Waals surface area contributed by atoms with E-state index in [0.717, 1.165) is 0 Å². The Morgan fingerprint density at radius 3 is 2.78 bits per heavy atom. The smallest absolute Gasteiger partial charge is 0.164 e. The normalized spacial score (nSPS) is 9.56. The molecule has 1 rings (SSSR count). The minimum Gasteiger partial charge on any atom is -0.324 e. The number of nitrogens with two attached hydrogens (primary N) is 1. The number of halogens is 1. The van der Waals surface area contributed by atoms with Crippen molar-refractivity contribution in [2.75, 3.05) is 0 Å². The lowest BCUT2D eigenvalue weighted by molar-refractivity contribution is 0.819. The monoisotopic (exact) mass is 188 g/mol. The predicted octanol–water partition coefficient (Wildman–Crippen LogP) is 0.0928. The van der Waals surface area contributed by atoms with Gasteiger partial charge in [-0.1, -0.05) is 0 Å². The van der Waals surface area contributed by atoms with Gasteiger partial charge < -0.3 is 5.73 Å². The van der Waals surface area contributed by atoms with Crippen molar-refractivity contribution in [2.24, 2.45) is 5.73 Å². The van der Waals surface area contributed by atoms with Crippen LogP contribution in [0.4, 0.5) is 0 Å². The maximum atomic E-state index is 5.22. The molecule has 0 spiro atoms. The van der Waals surface area contributed by atoms with Gasteiger partial charge in [-0.2, -0.15) is 0 Å². The summed E-state index contributed by atoms with van der Waals surface area (Å²) in [6.45, 7) is 0.334. The molecule has 48 valence electrons. The van der Waals surface area contributed by atoms with Crippen LogP contribution in [0.2, 0.25) is 0 Å². The molecule has 1 aromatic heterocycles. The molecule has 0 radical (unpaired) electrons. The first kappa shape index (κ1) is 6.57. The van der Waals surface area contributed by atoms with Crippen LogP contribution in [-0.4, -0.2) is 15.2 Å². The SMILES string of the molecule is NCc1ncc(Br)nn1. The summed E-state index contributed by atoms with van der Waals surface area (Å²) >= 11 is 3.10. The average Bonchev–Trinajstić information content (AvgIpc) is 1.90. The predicted molar refractivity (Wildman–Crippen MR) is 35.4 cm³/mol. The van der Waals surface area contributed by atoms with Gasteiger partial charge in [-0.05, 0) is 15.9 Å². The van der Waals surface area contributed by atoms with Gasteiger partial charge >= 0.3 is 0 Å². The van der Waals surface area contributed by atoms with Gasteiger partial charge in [-0.15, -0.1) is 10.2 Å². The van der Waals surface area contributed by atoms with Gasteiger partial charge in [-0.25, -0.2) is 4.98 Å². The van der Waals surface area contributed by atoms with E-state index in [4.69, 9.17) is 5.73 Å². The highest BCUT2D eigenvalue weighted by atomic mass is 79.9. The van der Waals surface area contributed by atoms with E-state index >= 15 is 0 Å². The Bertz CT molecular complexity index is 184. The van der Waals surface area contributed by atoms with Crippen LogP contribution >= 0.6 is 15.9 Å². The lowest BCUT2D eigenvalue weighted by Gasteiger charge is -1.90. The molecule has 2 N–H and O–H groups in total. The molecule has 0 bridgehead atoms. The van der Waals surface area contributed by atoms with E-state index in [2.05, 4.69) is 31.1 Å². The van der Waals surface area contributed by atoms with Gasteiger partial charge in [-0.3, -0.25) is 0 Å². The van der Waals surface area contributed by atoms with Crippen molar-refractivity contribution in [2.45, 2.75) is 6.54 Å². The summed E-state index contributed by atoms with van der Waals surface area (Å²) in [5.74, 6) is 0.554. The first-order valence-corrected chi connectivity index (χ1v) is 3.16. The Morgan fingerprint density at radius 2 is 2.33 bits per heavy atom. The van der Waals surface area contributed by atoms with Gasteiger partial charge in [0.2, 0.25) is 0 Å². The molecule has 0 saturated carbocycles. The number of rotatable bonds is 1. The molecular weight excluding hydrogens is 184 g/mol. The summed E-state index contributed by atoms with van der Waals surface area (Å²) in [4.78, 5) is 3.85. The number of nitrogens with zero attached hydrogens (tertiary/aromatic N) is 3. The van der Waals surface area contributed by atoms with Crippen LogP contribution < -0.4 is 5.73 Å². The maximum Gasteiger partial charge on any atom is 0.164 e. The van der Waals surface area contributed by atoms with Gasteiger partial charge in [0.1, 0.15) is 4.60 Å². The highest BCUT2D eigenvalue weighted by molar-refractivity contribution is 9.10. The highest BCUT2D eigenvalue weighted by Gasteiger charge is 1.91. The first-order chi connectivity index (χ1) is 4.33. The number of aromatic nitrogens is 3. The van der Waals surface area contributed by atoms with E-state index in [9.17, 15) is 0 Å².